The third kappa shape index (κ3) is 4.63. The van der Waals surface area contributed by atoms with Gasteiger partial charge in [-0.1, -0.05) is 30.0 Å². The SMILES string of the molecule is CC(=O)SCCC=Cc1ccc(C(=O)O)c(N)c1. The first-order valence-electron chi connectivity index (χ1n) is 5.43. The van der Waals surface area contributed by atoms with E-state index in [0.717, 1.165) is 17.7 Å². The number of benzene rings is 1. The summed E-state index contributed by atoms with van der Waals surface area (Å²) >= 11 is 1.28. The number of carboxylic acid groups (broad SMARTS) is 1. The van der Waals surface area contributed by atoms with Gasteiger partial charge in [-0.05, 0) is 24.1 Å². The maximum Gasteiger partial charge on any atom is 0.337 e. The van der Waals surface area contributed by atoms with Gasteiger partial charge in [-0.25, -0.2) is 4.79 Å². The molecule has 1 aromatic carbocycles. The molecule has 0 unspecified atom stereocenters. The Hall–Kier alpha value is -1.75. The van der Waals surface area contributed by atoms with Gasteiger partial charge in [0.05, 0.1) is 5.56 Å². The van der Waals surface area contributed by atoms with Crippen molar-refractivity contribution in [3.8, 4) is 0 Å². The van der Waals surface area contributed by atoms with E-state index in [9.17, 15) is 9.59 Å². The summed E-state index contributed by atoms with van der Waals surface area (Å²) in [6.45, 7) is 1.54. The van der Waals surface area contributed by atoms with Gasteiger partial charge in [0.15, 0.2) is 5.12 Å². The van der Waals surface area contributed by atoms with E-state index >= 15 is 0 Å². The van der Waals surface area contributed by atoms with E-state index in [0.29, 0.717) is 0 Å². The molecular weight excluding hydrogens is 250 g/mol. The smallest absolute Gasteiger partial charge is 0.337 e. The molecule has 0 radical (unpaired) electrons. The lowest BCUT2D eigenvalue weighted by Gasteiger charge is -2.01. The fourth-order valence-corrected chi connectivity index (χ4v) is 1.91. The van der Waals surface area contributed by atoms with Crippen LogP contribution in [0.4, 0.5) is 5.69 Å². The van der Waals surface area contributed by atoms with Crippen LogP contribution in [0.2, 0.25) is 0 Å². The Bertz CT molecular complexity index is 483. The van der Waals surface area contributed by atoms with Crippen LogP contribution in [-0.2, 0) is 4.79 Å². The summed E-state index contributed by atoms with van der Waals surface area (Å²) in [5.74, 6) is -0.282. The summed E-state index contributed by atoms with van der Waals surface area (Å²) < 4.78 is 0. The Morgan fingerprint density at radius 1 is 1.44 bits per heavy atom. The van der Waals surface area contributed by atoms with Gasteiger partial charge in [-0.15, -0.1) is 0 Å². The molecule has 0 heterocycles. The molecule has 0 aliphatic rings. The molecule has 1 rings (SSSR count). The summed E-state index contributed by atoms with van der Waals surface area (Å²) in [6.07, 6.45) is 4.58. The Morgan fingerprint density at radius 3 is 2.72 bits per heavy atom. The van der Waals surface area contributed by atoms with Crippen LogP contribution in [0.15, 0.2) is 24.3 Å². The maximum absolute atomic E-state index is 10.8. The predicted molar refractivity (Wildman–Crippen MR) is 74.6 cm³/mol. The van der Waals surface area contributed by atoms with Crippen molar-refractivity contribution in [3.05, 3.63) is 35.4 Å². The largest absolute Gasteiger partial charge is 0.478 e. The Labute approximate surface area is 110 Å². The number of allylic oxidation sites excluding steroid dienone is 1. The molecule has 0 amide bonds. The van der Waals surface area contributed by atoms with E-state index in [1.807, 2.05) is 12.2 Å². The average Bonchev–Trinajstić information content (AvgIpc) is 2.27. The summed E-state index contributed by atoms with van der Waals surface area (Å²) in [5.41, 5.74) is 6.84. The normalized spacial score (nSPS) is 10.7. The van der Waals surface area contributed by atoms with E-state index in [1.54, 1.807) is 19.1 Å². The summed E-state index contributed by atoms with van der Waals surface area (Å²) in [6, 6.07) is 4.81. The molecule has 0 saturated carbocycles. The number of aromatic carboxylic acids is 1. The van der Waals surface area contributed by atoms with Crippen molar-refractivity contribution < 1.29 is 14.7 Å². The molecule has 0 fully saturated rings. The van der Waals surface area contributed by atoms with Gasteiger partial charge in [0.25, 0.3) is 0 Å². The van der Waals surface area contributed by atoms with Crippen molar-refractivity contribution in [2.75, 3.05) is 11.5 Å². The standard InChI is InChI=1S/C13H15NO3S/c1-9(15)18-7-3-2-4-10-5-6-11(13(16)17)12(14)8-10/h2,4-6,8H,3,7,14H2,1H3,(H,16,17). The van der Waals surface area contributed by atoms with E-state index in [2.05, 4.69) is 0 Å². The Morgan fingerprint density at radius 2 is 2.17 bits per heavy atom. The molecular formula is C13H15NO3S. The number of nitrogens with two attached hydrogens (primary N) is 1. The maximum atomic E-state index is 10.8. The third-order valence-corrected chi connectivity index (χ3v) is 3.05. The van der Waals surface area contributed by atoms with Crippen molar-refractivity contribution in [2.45, 2.75) is 13.3 Å². The lowest BCUT2D eigenvalue weighted by molar-refractivity contribution is -0.109. The lowest BCUT2D eigenvalue weighted by Crippen LogP contribution is -2.01. The molecule has 3 N–H and O–H groups in total. The minimum Gasteiger partial charge on any atom is -0.478 e. The minimum absolute atomic E-state index is 0.110. The first kappa shape index (κ1) is 14.3. The molecule has 96 valence electrons. The van der Waals surface area contributed by atoms with E-state index < -0.39 is 5.97 Å². The topological polar surface area (TPSA) is 80.4 Å². The molecule has 0 aromatic heterocycles. The fourth-order valence-electron chi connectivity index (χ4n) is 1.37. The van der Waals surface area contributed by atoms with Crippen LogP contribution in [0.5, 0.6) is 0 Å². The molecule has 1 aromatic rings. The van der Waals surface area contributed by atoms with Crippen molar-refractivity contribution in [2.24, 2.45) is 0 Å². The highest BCUT2D eigenvalue weighted by Crippen LogP contribution is 2.15. The van der Waals surface area contributed by atoms with Gasteiger partial charge in [0.1, 0.15) is 0 Å². The number of carbonyl (C=O) groups excluding carboxylic acids is 1. The van der Waals surface area contributed by atoms with Crippen LogP contribution < -0.4 is 5.73 Å². The van der Waals surface area contributed by atoms with Gasteiger partial charge in [0.2, 0.25) is 0 Å². The number of hydrogen-bond acceptors (Lipinski definition) is 4. The van der Waals surface area contributed by atoms with Crippen LogP contribution in [-0.4, -0.2) is 21.9 Å². The summed E-state index contributed by atoms with van der Waals surface area (Å²) in [7, 11) is 0. The van der Waals surface area contributed by atoms with Crippen molar-refractivity contribution in [1.29, 1.82) is 0 Å². The number of rotatable bonds is 5. The number of hydrogen-bond donors (Lipinski definition) is 2. The van der Waals surface area contributed by atoms with Crippen LogP contribution in [0, 0.1) is 0 Å². The molecule has 4 nitrogen and oxygen atoms in total. The lowest BCUT2D eigenvalue weighted by atomic mass is 10.1. The van der Waals surface area contributed by atoms with Gasteiger partial charge in [-0.3, -0.25) is 4.79 Å². The number of carbonyl (C=O) groups is 2. The van der Waals surface area contributed by atoms with Gasteiger partial charge >= 0.3 is 5.97 Å². The zero-order chi connectivity index (χ0) is 13.5. The van der Waals surface area contributed by atoms with Gasteiger partial charge < -0.3 is 10.8 Å². The van der Waals surface area contributed by atoms with E-state index in [-0.39, 0.29) is 16.4 Å². The second kappa shape index (κ2) is 6.86. The van der Waals surface area contributed by atoms with Crippen molar-refractivity contribution in [1.82, 2.24) is 0 Å². The molecule has 0 atom stereocenters. The third-order valence-electron chi connectivity index (χ3n) is 2.21. The number of anilines is 1. The number of carboxylic acids is 1. The van der Waals surface area contributed by atoms with Crippen LogP contribution in [0.25, 0.3) is 6.08 Å². The second-order valence-electron chi connectivity index (χ2n) is 3.68. The summed E-state index contributed by atoms with van der Waals surface area (Å²) in [4.78, 5) is 21.5. The van der Waals surface area contributed by atoms with Gasteiger partial charge in [-0.2, -0.15) is 0 Å². The molecule has 0 aliphatic carbocycles. The molecule has 0 saturated heterocycles. The molecule has 0 aliphatic heterocycles. The second-order valence-corrected chi connectivity index (χ2v) is 4.95. The van der Waals surface area contributed by atoms with Gasteiger partial charge in [0, 0.05) is 18.4 Å². The average molecular weight is 265 g/mol. The zero-order valence-corrected chi connectivity index (χ0v) is 10.9. The molecule has 0 bridgehead atoms. The number of nitrogen functional groups attached to an aromatic ring is 1. The zero-order valence-electron chi connectivity index (χ0n) is 10.1. The van der Waals surface area contributed by atoms with Crippen LogP contribution in [0.3, 0.4) is 0 Å². The fraction of sp³-hybridized carbons (Fsp3) is 0.231. The molecule has 18 heavy (non-hydrogen) atoms. The molecule has 5 heteroatoms. The Balaban J connectivity index is 2.58. The first-order chi connectivity index (χ1) is 8.50. The van der Waals surface area contributed by atoms with Crippen molar-refractivity contribution >= 4 is 34.6 Å². The highest BCUT2D eigenvalue weighted by atomic mass is 32.2. The Kier molecular flexibility index (Phi) is 5.45. The van der Waals surface area contributed by atoms with Crippen LogP contribution in [0.1, 0.15) is 29.3 Å². The van der Waals surface area contributed by atoms with E-state index in [1.165, 1.54) is 17.8 Å². The quantitative estimate of drug-likeness (QED) is 0.632. The number of thioether (sulfide) groups is 1. The highest BCUT2D eigenvalue weighted by molar-refractivity contribution is 8.13. The monoisotopic (exact) mass is 265 g/mol. The summed E-state index contributed by atoms with van der Waals surface area (Å²) in [5, 5.41) is 8.93. The van der Waals surface area contributed by atoms with Crippen molar-refractivity contribution in [3.63, 3.8) is 0 Å². The minimum atomic E-state index is -1.03. The predicted octanol–water partition coefficient (Wildman–Crippen LogP) is 2.65. The highest BCUT2D eigenvalue weighted by Gasteiger charge is 2.06. The molecule has 0 spiro atoms. The first-order valence-corrected chi connectivity index (χ1v) is 6.42. The van der Waals surface area contributed by atoms with Crippen LogP contribution >= 0.6 is 11.8 Å². The van der Waals surface area contributed by atoms with E-state index in [4.69, 9.17) is 10.8 Å².